The van der Waals surface area contributed by atoms with Gasteiger partial charge in [0.2, 0.25) is 0 Å². The van der Waals surface area contributed by atoms with Gasteiger partial charge < -0.3 is 4.28 Å². The topological polar surface area (TPSA) is 34.1 Å². The van der Waals surface area contributed by atoms with Crippen LogP contribution in [-0.2, 0) is 25.7 Å². The molecule has 0 unspecified atom stereocenters. The van der Waals surface area contributed by atoms with Crippen LogP contribution in [0.2, 0.25) is 0 Å². The molecule has 0 bridgehead atoms. The van der Waals surface area contributed by atoms with Crippen LogP contribution in [0.25, 0.3) is 0 Å². The Morgan fingerprint density at radius 2 is 1.33 bits per heavy atom. The van der Waals surface area contributed by atoms with Crippen molar-refractivity contribution in [3.63, 3.8) is 0 Å². The first-order chi connectivity index (χ1) is 1.41. The van der Waals surface area contributed by atoms with Crippen LogP contribution in [-0.4, -0.2) is 40.4 Å². The van der Waals surface area contributed by atoms with Gasteiger partial charge in [-0.3, -0.25) is 0 Å². The predicted molar refractivity (Wildman–Crippen MR) is 20.4 cm³/mol. The Balaban J connectivity index is -0.00000000133. The average molecular weight is 160 g/mol. The molecule has 0 fully saturated rings. The van der Waals surface area contributed by atoms with E-state index in [4.69, 9.17) is 6.65 Å². The van der Waals surface area contributed by atoms with Crippen molar-refractivity contribution in [2.75, 3.05) is 0 Å². The molecule has 0 amide bonds. The molecule has 0 aromatic rings. The van der Waals surface area contributed by atoms with Crippen molar-refractivity contribution in [1.29, 1.82) is 0 Å². The fourth-order valence-electron chi connectivity index (χ4n) is 0. The second kappa shape index (κ2) is 25.5. The molecule has 0 saturated carbocycles. The Hall–Kier alpha value is 2.61. The van der Waals surface area contributed by atoms with E-state index in [0.717, 1.165) is 0 Å². The van der Waals surface area contributed by atoms with Crippen molar-refractivity contribution in [2.45, 2.75) is 0 Å². The van der Waals surface area contributed by atoms with Gasteiger partial charge in [-0.05, 0) is 0 Å². The first-order valence-electron chi connectivity index (χ1n) is 0.408. The molecule has 0 aromatic heterocycles. The van der Waals surface area contributed by atoms with E-state index in [0.29, 0.717) is 0 Å². The third-order valence-electron chi connectivity index (χ3n) is 0. The van der Waals surface area contributed by atoms with Crippen LogP contribution in [0.3, 0.4) is 0 Å². The van der Waals surface area contributed by atoms with Crippen LogP contribution >= 0.6 is 0 Å². The molecule has 0 radical (unpaired) electrons. The molecule has 0 saturated heterocycles. The van der Waals surface area contributed by atoms with Gasteiger partial charge in [-0.2, -0.15) is 0 Å². The molecule has 0 aliphatic carbocycles. The Labute approximate surface area is 98.4 Å². The van der Waals surface area contributed by atoms with E-state index in [1.54, 1.807) is 0 Å². The Morgan fingerprint density at radius 3 is 1.33 bits per heavy atom. The Morgan fingerprint density at radius 1 is 1.33 bits per heavy atom. The standard InChI is InChI=1S/Al.Mg.Na.2O.Ti.6H/q;+2;+1;;;;;;;3*-1. The molecular weight excluding hydrogens is 154 g/mol. The number of rotatable bonds is 0. The quantitative estimate of drug-likeness (QED) is 0.335. The fraction of sp³-hybridized carbons (Fsp3) is 0. The van der Waals surface area contributed by atoms with Gasteiger partial charge in [0, 0.05) is 0 Å². The summed E-state index contributed by atoms with van der Waals surface area (Å²) >= 11 is -2.00. The zero-order valence-electron chi connectivity index (χ0n) is 6.02. The third kappa shape index (κ3) is 30.5. The number of hydrogen-bond acceptors (Lipinski definition) is 2. The fourth-order valence-corrected chi connectivity index (χ4v) is 0. The third-order valence-corrected chi connectivity index (χ3v) is 0. The molecule has 0 rings (SSSR count). The van der Waals surface area contributed by atoms with E-state index >= 15 is 0 Å². The SMILES string of the molecule is [AlH3].[H-].[H-].[H-].[Mg+2].[Na+].[O]=[Ti]=[O]. The van der Waals surface area contributed by atoms with Gasteiger partial charge in [-0.1, -0.05) is 0 Å². The van der Waals surface area contributed by atoms with Crippen molar-refractivity contribution < 1.29 is 59.6 Å². The monoisotopic (exact) mass is 160 g/mol. The van der Waals surface area contributed by atoms with Crippen molar-refractivity contribution in [1.82, 2.24) is 0 Å². The first-order valence-corrected chi connectivity index (χ1v) is 1.68. The van der Waals surface area contributed by atoms with Crippen LogP contribution in [0.5, 0.6) is 0 Å². The Kier molecular flexibility index (Phi) is 99.7. The minimum absolute atomic E-state index is 0. The molecule has 0 aliphatic heterocycles. The second-order valence-electron chi connectivity index (χ2n) is 0.0833. The van der Waals surface area contributed by atoms with Gasteiger partial charge in [-0.15, -0.1) is 0 Å². The van der Waals surface area contributed by atoms with Crippen LogP contribution in [0.4, 0.5) is 0 Å². The summed E-state index contributed by atoms with van der Waals surface area (Å²) in [6.45, 7) is 0. The molecular formula is H6AlMgNaO2Ti. The van der Waals surface area contributed by atoms with Crippen molar-refractivity contribution >= 4 is 40.4 Å². The maximum atomic E-state index is 8.50. The van der Waals surface area contributed by atoms with Crippen LogP contribution in [0.15, 0.2) is 0 Å². The first kappa shape index (κ1) is 23.5. The number of hydrogen-bond donors (Lipinski definition) is 0. The molecule has 0 aliphatic rings. The summed E-state index contributed by atoms with van der Waals surface area (Å²) in [4.78, 5) is 0. The molecule has 0 heterocycles. The summed E-state index contributed by atoms with van der Waals surface area (Å²) < 4.78 is 17.0. The van der Waals surface area contributed by atoms with Crippen molar-refractivity contribution in [3.8, 4) is 0 Å². The summed E-state index contributed by atoms with van der Waals surface area (Å²) in [7, 11) is 0. The van der Waals surface area contributed by atoms with Crippen molar-refractivity contribution in [2.24, 2.45) is 0 Å². The van der Waals surface area contributed by atoms with Crippen molar-refractivity contribution in [3.05, 3.63) is 0 Å². The van der Waals surface area contributed by atoms with E-state index in [1.165, 1.54) is 0 Å². The summed E-state index contributed by atoms with van der Waals surface area (Å²) in [5.74, 6) is 0. The summed E-state index contributed by atoms with van der Waals surface area (Å²) in [6, 6.07) is 0. The van der Waals surface area contributed by atoms with E-state index in [-0.39, 0.29) is 74.3 Å². The van der Waals surface area contributed by atoms with E-state index in [9.17, 15) is 0 Å². The minimum atomic E-state index is -2.00. The van der Waals surface area contributed by atoms with E-state index in [2.05, 4.69) is 0 Å². The van der Waals surface area contributed by atoms with E-state index in [1.807, 2.05) is 0 Å². The summed E-state index contributed by atoms with van der Waals surface area (Å²) in [6.07, 6.45) is 0. The van der Waals surface area contributed by atoms with Gasteiger partial charge >= 0.3 is 78.4 Å². The normalized spacial score (nSPS) is 1.33. The molecule has 0 aromatic carbocycles. The van der Waals surface area contributed by atoms with Gasteiger partial charge in [-0.25, -0.2) is 0 Å². The Bertz CT molecular complexity index is 42.8. The molecule has 2 nitrogen and oxygen atoms in total. The molecule has 28 valence electrons. The molecule has 6 heavy (non-hydrogen) atoms. The van der Waals surface area contributed by atoms with Gasteiger partial charge in [0.05, 0.1) is 0 Å². The average Bonchev–Trinajstić information content (AvgIpc) is 0.918. The summed E-state index contributed by atoms with van der Waals surface area (Å²) in [5, 5.41) is 0. The molecule has 0 spiro atoms. The molecule has 0 N–H and O–H groups in total. The van der Waals surface area contributed by atoms with Crippen LogP contribution in [0, 0.1) is 0 Å². The van der Waals surface area contributed by atoms with E-state index < -0.39 is 19.1 Å². The maximum absolute atomic E-state index is 8.50. The van der Waals surface area contributed by atoms with Gasteiger partial charge in [0.1, 0.15) is 0 Å². The second-order valence-corrected chi connectivity index (χ2v) is 0.344. The van der Waals surface area contributed by atoms with Crippen LogP contribution < -0.4 is 29.6 Å². The van der Waals surface area contributed by atoms with Crippen LogP contribution in [0.1, 0.15) is 4.28 Å². The zero-order valence-corrected chi connectivity index (χ0v) is 8.00. The molecule has 6 heteroatoms. The zero-order chi connectivity index (χ0) is 2.71. The summed E-state index contributed by atoms with van der Waals surface area (Å²) in [5.41, 5.74) is 0. The molecule has 0 atom stereocenters. The van der Waals surface area contributed by atoms with Gasteiger partial charge in [0.25, 0.3) is 0 Å². The predicted octanol–water partition coefficient (Wildman–Crippen LogP) is -4.46. The van der Waals surface area contributed by atoms with Gasteiger partial charge in [0.15, 0.2) is 17.4 Å².